The van der Waals surface area contributed by atoms with Gasteiger partial charge in [-0.2, -0.15) is 0 Å². The first-order valence-electron chi connectivity index (χ1n) is 5.60. The van der Waals surface area contributed by atoms with Gasteiger partial charge in [-0.15, -0.1) is 0 Å². The molecule has 0 atom stereocenters. The first-order chi connectivity index (χ1) is 8.49. The number of methoxy groups -OCH3 is 2. The van der Waals surface area contributed by atoms with Crippen LogP contribution in [0, 0.1) is 0 Å². The predicted octanol–water partition coefficient (Wildman–Crippen LogP) is 2.97. The molecule has 0 saturated carbocycles. The molecular weight excluding hydrogens is 232 g/mol. The summed E-state index contributed by atoms with van der Waals surface area (Å²) in [5.41, 5.74) is 2.61. The highest BCUT2D eigenvalue weighted by molar-refractivity contribution is 5.85. The summed E-state index contributed by atoms with van der Waals surface area (Å²) in [6, 6.07) is 5.41. The van der Waals surface area contributed by atoms with E-state index >= 15 is 0 Å². The lowest BCUT2D eigenvalue weighted by atomic mass is 9.98. The van der Waals surface area contributed by atoms with Gasteiger partial charge in [-0.3, -0.25) is 4.79 Å². The number of ether oxygens (including phenoxy) is 2. The highest BCUT2D eigenvalue weighted by atomic mass is 16.5. The van der Waals surface area contributed by atoms with Gasteiger partial charge in [0, 0.05) is 0 Å². The summed E-state index contributed by atoms with van der Waals surface area (Å²) in [7, 11) is 3.12. The van der Waals surface area contributed by atoms with Crippen molar-refractivity contribution >= 4 is 11.5 Å². The average Bonchev–Trinajstić information content (AvgIpc) is 2.34. The highest BCUT2D eigenvalue weighted by Crippen LogP contribution is 2.32. The zero-order valence-corrected chi connectivity index (χ0v) is 11.1. The summed E-state index contributed by atoms with van der Waals surface area (Å²) < 4.78 is 10.4. The van der Waals surface area contributed by atoms with E-state index in [-0.39, 0.29) is 6.42 Å². The van der Waals surface area contributed by atoms with Crippen LogP contribution in [-0.4, -0.2) is 25.3 Å². The molecule has 4 heteroatoms. The van der Waals surface area contributed by atoms with E-state index in [0.717, 1.165) is 16.7 Å². The molecule has 0 amide bonds. The van der Waals surface area contributed by atoms with Crippen LogP contribution in [0.3, 0.4) is 0 Å². The molecule has 1 aromatic rings. The Hall–Kier alpha value is -1.97. The monoisotopic (exact) mass is 250 g/mol. The van der Waals surface area contributed by atoms with Gasteiger partial charge in [0.1, 0.15) is 0 Å². The Morgan fingerprint density at radius 1 is 1.17 bits per heavy atom. The van der Waals surface area contributed by atoms with E-state index in [0.29, 0.717) is 11.5 Å². The Morgan fingerprint density at radius 3 is 2.22 bits per heavy atom. The van der Waals surface area contributed by atoms with Crippen LogP contribution in [0.1, 0.15) is 25.8 Å². The van der Waals surface area contributed by atoms with Crippen molar-refractivity contribution in [3.8, 4) is 11.5 Å². The molecular formula is C14H18O4. The number of carboxylic acid groups (broad SMARTS) is 1. The third kappa shape index (κ3) is 3.26. The molecule has 1 N–H and O–H groups in total. The molecule has 0 fully saturated rings. The second kappa shape index (κ2) is 6.10. The molecule has 0 aliphatic carbocycles. The van der Waals surface area contributed by atoms with Crippen LogP contribution in [-0.2, 0) is 4.79 Å². The van der Waals surface area contributed by atoms with Gasteiger partial charge in [0.25, 0.3) is 0 Å². The minimum absolute atomic E-state index is 0.00217. The highest BCUT2D eigenvalue weighted by Gasteiger charge is 2.12. The van der Waals surface area contributed by atoms with Crippen LogP contribution in [0.4, 0.5) is 0 Å². The summed E-state index contributed by atoms with van der Waals surface area (Å²) in [5.74, 6) is 0.379. The van der Waals surface area contributed by atoms with Gasteiger partial charge in [-0.1, -0.05) is 11.6 Å². The normalized spacial score (nSPS) is 9.78. The van der Waals surface area contributed by atoms with Crippen LogP contribution < -0.4 is 9.47 Å². The van der Waals surface area contributed by atoms with Crippen molar-refractivity contribution in [2.75, 3.05) is 14.2 Å². The van der Waals surface area contributed by atoms with Gasteiger partial charge in [0.2, 0.25) is 0 Å². The lowest BCUT2D eigenvalue weighted by Gasteiger charge is -2.12. The molecule has 98 valence electrons. The Balaban J connectivity index is 3.23. The Labute approximate surface area is 107 Å². The van der Waals surface area contributed by atoms with E-state index in [1.807, 2.05) is 19.9 Å². The average molecular weight is 250 g/mol. The number of aliphatic carboxylic acids is 1. The molecule has 0 bridgehead atoms. The Morgan fingerprint density at radius 2 is 1.78 bits per heavy atom. The van der Waals surface area contributed by atoms with E-state index in [9.17, 15) is 4.79 Å². The Kier molecular flexibility index (Phi) is 4.77. The maximum Gasteiger partial charge on any atom is 0.307 e. The molecule has 0 radical (unpaired) electrons. The summed E-state index contributed by atoms with van der Waals surface area (Å²) in [6.45, 7) is 3.80. The fourth-order valence-corrected chi connectivity index (χ4v) is 1.74. The number of hydrogen-bond donors (Lipinski definition) is 1. The van der Waals surface area contributed by atoms with Gasteiger partial charge in [-0.05, 0) is 37.1 Å². The number of allylic oxidation sites excluding steroid dienone is 1. The van der Waals surface area contributed by atoms with E-state index < -0.39 is 5.97 Å². The lowest BCUT2D eigenvalue weighted by Crippen LogP contribution is -1.99. The fraction of sp³-hybridized carbons (Fsp3) is 0.357. The van der Waals surface area contributed by atoms with Crippen LogP contribution >= 0.6 is 0 Å². The standard InChI is InChI=1S/C14H18O4/c1-9(2)11(8-14(15)16)10-5-6-12(17-3)13(7-10)18-4/h5-7H,8H2,1-4H3,(H,15,16). The van der Waals surface area contributed by atoms with Crippen molar-refractivity contribution in [2.24, 2.45) is 0 Å². The molecule has 4 nitrogen and oxygen atoms in total. The third-order valence-corrected chi connectivity index (χ3v) is 2.66. The van der Waals surface area contributed by atoms with E-state index in [2.05, 4.69) is 0 Å². The number of benzene rings is 1. The minimum atomic E-state index is -0.846. The van der Waals surface area contributed by atoms with Crippen LogP contribution in [0.25, 0.3) is 5.57 Å². The second-order valence-corrected chi connectivity index (χ2v) is 4.12. The van der Waals surface area contributed by atoms with Crippen molar-refractivity contribution in [3.63, 3.8) is 0 Å². The molecule has 1 aromatic carbocycles. The van der Waals surface area contributed by atoms with Crippen molar-refractivity contribution in [1.82, 2.24) is 0 Å². The van der Waals surface area contributed by atoms with Gasteiger partial charge in [0.05, 0.1) is 20.6 Å². The predicted molar refractivity (Wildman–Crippen MR) is 70.1 cm³/mol. The second-order valence-electron chi connectivity index (χ2n) is 4.12. The summed E-state index contributed by atoms with van der Waals surface area (Å²) in [6.07, 6.45) is -0.00217. The maximum absolute atomic E-state index is 10.9. The Bertz CT molecular complexity index is 471. The molecule has 0 saturated heterocycles. The van der Waals surface area contributed by atoms with Gasteiger partial charge >= 0.3 is 5.97 Å². The number of carbonyl (C=O) groups is 1. The van der Waals surface area contributed by atoms with E-state index in [1.54, 1.807) is 26.4 Å². The first kappa shape index (κ1) is 14.1. The quantitative estimate of drug-likeness (QED) is 0.872. The first-order valence-corrected chi connectivity index (χ1v) is 5.60. The lowest BCUT2D eigenvalue weighted by molar-refractivity contribution is -0.135. The smallest absolute Gasteiger partial charge is 0.307 e. The SMILES string of the molecule is COc1ccc(C(CC(=O)O)=C(C)C)cc1OC. The molecule has 0 aliphatic rings. The maximum atomic E-state index is 10.9. The van der Waals surface area contributed by atoms with Crippen LogP contribution in [0.2, 0.25) is 0 Å². The third-order valence-electron chi connectivity index (χ3n) is 2.66. The van der Waals surface area contributed by atoms with Crippen molar-refractivity contribution in [2.45, 2.75) is 20.3 Å². The molecule has 0 spiro atoms. The van der Waals surface area contributed by atoms with Crippen LogP contribution in [0.5, 0.6) is 11.5 Å². The number of carboxylic acids is 1. The van der Waals surface area contributed by atoms with E-state index in [4.69, 9.17) is 14.6 Å². The topological polar surface area (TPSA) is 55.8 Å². The number of hydrogen-bond acceptors (Lipinski definition) is 3. The van der Waals surface area contributed by atoms with E-state index in [1.165, 1.54) is 0 Å². The van der Waals surface area contributed by atoms with Crippen molar-refractivity contribution < 1.29 is 19.4 Å². The number of rotatable bonds is 5. The van der Waals surface area contributed by atoms with Crippen molar-refractivity contribution in [1.29, 1.82) is 0 Å². The zero-order chi connectivity index (χ0) is 13.7. The molecule has 1 rings (SSSR count). The molecule has 0 heterocycles. The molecule has 0 unspecified atom stereocenters. The largest absolute Gasteiger partial charge is 0.493 e. The van der Waals surface area contributed by atoms with Crippen LogP contribution in [0.15, 0.2) is 23.8 Å². The summed E-state index contributed by atoms with van der Waals surface area (Å²) >= 11 is 0. The molecule has 18 heavy (non-hydrogen) atoms. The zero-order valence-electron chi connectivity index (χ0n) is 11.1. The molecule has 0 aromatic heterocycles. The minimum Gasteiger partial charge on any atom is -0.493 e. The fourth-order valence-electron chi connectivity index (χ4n) is 1.74. The van der Waals surface area contributed by atoms with Gasteiger partial charge in [0.15, 0.2) is 11.5 Å². The summed E-state index contributed by atoms with van der Waals surface area (Å²) in [4.78, 5) is 10.9. The van der Waals surface area contributed by atoms with Crippen molar-refractivity contribution in [3.05, 3.63) is 29.3 Å². The summed E-state index contributed by atoms with van der Waals surface area (Å²) in [5, 5.41) is 8.93. The van der Waals surface area contributed by atoms with Gasteiger partial charge in [-0.25, -0.2) is 0 Å². The van der Waals surface area contributed by atoms with Gasteiger partial charge < -0.3 is 14.6 Å². The molecule has 0 aliphatic heterocycles.